The van der Waals surface area contributed by atoms with Crippen LogP contribution >= 0.6 is 0 Å². The van der Waals surface area contributed by atoms with Crippen LogP contribution in [0.4, 0.5) is 4.39 Å². The van der Waals surface area contributed by atoms with E-state index in [0.717, 1.165) is 6.42 Å². The maximum absolute atomic E-state index is 14.6. The molecule has 0 radical (unpaired) electrons. The molecule has 1 atom stereocenters. The highest BCUT2D eigenvalue weighted by atomic mass is 19.1. The SMILES string of the molecule is CC(C)n1c(=O)c2c(-c3nc(C4CCOC4)no3)ncn2c2cccc(F)c21. The van der Waals surface area contributed by atoms with Crippen LogP contribution in [0.25, 0.3) is 28.1 Å². The second kappa shape index (κ2) is 6.23. The Balaban J connectivity index is 1.78. The van der Waals surface area contributed by atoms with Gasteiger partial charge in [0.05, 0.1) is 12.1 Å². The molecule has 1 fully saturated rings. The van der Waals surface area contributed by atoms with Crippen LogP contribution in [-0.4, -0.2) is 37.3 Å². The number of para-hydroxylation sites is 1. The molecule has 28 heavy (non-hydrogen) atoms. The van der Waals surface area contributed by atoms with E-state index >= 15 is 0 Å². The van der Waals surface area contributed by atoms with Gasteiger partial charge in [0.2, 0.25) is 0 Å². The number of imidazole rings is 1. The summed E-state index contributed by atoms with van der Waals surface area (Å²) in [5, 5.41) is 4.04. The highest BCUT2D eigenvalue weighted by molar-refractivity contribution is 5.83. The Morgan fingerprint density at radius 1 is 1.29 bits per heavy atom. The Bertz CT molecular complexity index is 1250. The first-order valence-corrected chi connectivity index (χ1v) is 9.17. The molecule has 0 saturated carbocycles. The number of fused-ring (bicyclic) bond motifs is 3. The van der Waals surface area contributed by atoms with Crippen LogP contribution in [0.15, 0.2) is 33.8 Å². The van der Waals surface area contributed by atoms with E-state index < -0.39 is 5.82 Å². The molecule has 5 rings (SSSR count). The number of hydrogen-bond acceptors (Lipinski definition) is 6. The predicted molar refractivity (Wildman–Crippen MR) is 98.8 cm³/mol. The van der Waals surface area contributed by atoms with E-state index in [4.69, 9.17) is 9.26 Å². The van der Waals surface area contributed by atoms with Gasteiger partial charge in [0, 0.05) is 18.6 Å². The average Bonchev–Trinajstić information content (AvgIpc) is 3.41. The summed E-state index contributed by atoms with van der Waals surface area (Å²) in [6, 6.07) is 4.47. The minimum atomic E-state index is -0.457. The summed E-state index contributed by atoms with van der Waals surface area (Å²) in [5.74, 6) is 0.340. The fraction of sp³-hybridized carbons (Fsp3) is 0.368. The molecule has 1 aliphatic heterocycles. The minimum Gasteiger partial charge on any atom is -0.381 e. The third-order valence-electron chi connectivity index (χ3n) is 5.11. The first-order valence-electron chi connectivity index (χ1n) is 9.17. The number of nitrogens with zero attached hydrogens (tertiary/aromatic N) is 5. The molecule has 0 amide bonds. The normalized spacial score (nSPS) is 17.4. The zero-order valence-corrected chi connectivity index (χ0v) is 15.4. The van der Waals surface area contributed by atoms with Gasteiger partial charge in [0.15, 0.2) is 11.5 Å². The van der Waals surface area contributed by atoms with Crippen LogP contribution < -0.4 is 5.56 Å². The van der Waals surface area contributed by atoms with Gasteiger partial charge in [0.25, 0.3) is 11.4 Å². The Morgan fingerprint density at radius 2 is 2.14 bits per heavy atom. The third kappa shape index (κ3) is 2.39. The first kappa shape index (κ1) is 17.1. The number of halogens is 1. The van der Waals surface area contributed by atoms with Crippen LogP contribution in [0.2, 0.25) is 0 Å². The van der Waals surface area contributed by atoms with Gasteiger partial charge in [-0.15, -0.1) is 0 Å². The van der Waals surface area contributed by atoms with E-state index in [1.54, 1.807) is 16.5 Å². The third-order valence-corrected chi connectivity index (χ3v) is 5.11. The van der Waals surface area contributed by atoms with Crippen LogP contribution in [-0.2, 0) is 4.74 Å². The van der Waals surface area contributed by atoms with Crippen LogP contribution in [0.1, 0.15) is 38.1 Å². The second-order valence-corrected chi connectivity index (χ2v) is 7.21. The summed E-state index contributed by atoms with van der Waals surface area (Å²) in [6.45, 7) is 4.89. The molecule has 0 spiro atoms. The minimum absolute atomic E-state index is 0.0774. The summed E-state index contributed by atoms with van der Waals surface area (Å²) in [7, 11) is 0. The molecule has 3 aromatic heterocycles. The van der Waals surface area contributed by atoms with Gasteiger partial charge in [-0.25, -0.2) is 9.37 Å². The maximum atomic E-state index is 14.6. The Labute approximate surface area is 158 Å². The molecule has 0 aliphatic carbocycles. The van der Waals surface area contributed by atoms with E-state index in [2.05, 4.69) is 15.1 Å². The molecule has 4 heterocycles. The summed E-state index contributed by atoms with van der Waals surface area (Å²) >= 11 is 0. The molecule has 0 N–H and O–H groups in total. The lowest BCUT2D eigenvalue weighted by Gasteiger charge is -2.16. The fourth-order valence-corrected chi connectivity index (χ4v) is 3.77. The smallest absolute Gasteiger partial charge is 0.278 e. The fourth-order valence-electron chi connectivity index (χ4n) is 3.77. The van der Waals surface area contributed by atoms with Crippen molar-refractivity contribution in [1.29, 1.82) is 0 Å². The number of hydrogen-bond donors (Lipinski definition) is 0. The summed E-state index contributed by atoms with van der Waals surface area (Å²) < 4.78 is 28.4. The van der Waals surface area contributed by atoms with Crippen molar-refractivity contribution in [2.45, 2.75) is 32.2 Å². The van der Waals surface area contributed by atoms with Crippen molar-refractivity contribution in [2.24, 2.45) is 0 Å². The van der Waals surface area contributed by atoms with Crippen LogP contribution in [0.3, 0.4) is 0 Å². The Morgan fingerprint density at radius 3 is 2.89 bits per heavy atom. The van der Waals surface area contributed by atoms with Gasteiger partial charge in [-0.3, -0.25) is 13.8 Å². The molecule has 9 heteroatoms. The lowest BCUT2D eigenvalue weighted by Crippen LogP contribution is -2.25. The first-order chi connectivity index (χ1) is 13.6. The summed E-state index contributed by atoms with van der Waals surface area (Å²) in [5.41, 5.74) is 1.01. The van der Waals surface area contributed by atoms with Crippen molar-refractivity contribution in [1.82, 2.24) is 24.1 Å². The van der Waals surface area contributed by atoms with E-state index in [-0.39, 0.29) is 34.4 Å². The van der Waals surface area contributed by atoms with Crippen LogP contribution in [0, 0.1) is 5.82 Å². The molecule has 1 aliphatic rings. The van der Waals surface area contributed by atoms with Crippen molar-refractivity contribution in [3.05, 3.63) is 46.5 Å². The molecular formula is C19H18FN5O3. The molecule has 8 nitrogen and oxygen atoms in total. The molecule has 144 valence electrons. The summed E-state index contributed by atoms with van der Waals surface area (Å²) in [4.78, 5) is 22.1. The lowest BCUT2D eigenvalue weighted by molar-refractivity contribution is 0.192. The Kier molecular flexibility index (Phi) is 3.80. The number of aromatic nitrogens is 5. The van der Waals surface area contributed by atoms with E-state index in [0.29, 0.717) is 30.2 Å². The van der Waals surface area contributed by atoms with Gasteiger partial charge in [-0.2, -0.15) is 4.98 Å². The number of ether oxygens (including phenoxy) is 1. The highest BCUT2D eigenvalue weighted by Crippen LogP contribution is 2.28. The zero-order chi connectivity index (χ0) is 19.4. The lowest BCUT2D eigenvalue weighted by atomic mass is 10.1. The molecule has 1 saturated heterocycles. The predicted octanol–water partition coefficient (Wildman–Crippen LogP) is 2.92. The molecule has 0 bridgehead atoms. The monoisotopic (exact) mass is 383 g/mol. The molecule has 1 aromatic carbocycles. The second-order valence-electron chi connectivity index (χ2n) is 7.21. The Hall–Kier alpha value is -3.07. The molecule has 1 unspecified atom stereocenters. The highest BCUT2D eigenvalue weighted by Gasteiger charge is 2.26. The van der Waals surface area contributed by atoms with Crippen molar-refractivity contribution < 1.29 is 13.7 Å². The van der Waals surface area contributed by atoms with Crippen molar-refractivity contribution in [3.63, 3.8) is 0 Å². The largest absolute Gasteiger partial charge is 0.381 e. The van der Waals surface area contributed by atoms with E-state index in [9.17, 15) is 9.18 Å². The number of benzene rings is 1. The standard InChI is InChI=1S/C19H18FN5O3/c1-10(2)25-15-12(20)4-3-5-13(15)24-9-21-14(16(24)19(25)26)18-22-17(23-28-18)11-6-7-27-8-11/h3-5,9-11H,6-8H2,1-2H3. The average molecular weight is 383 g/mol. The van der Waals surface area contributed by atoms with Crippen molar-refractivity contribution in [3.8, 4) is 11.6 Å². The number of rotatable bonds is 3. The van der Waals surface area contributed by atoms with E-state index in [1.807, 2.05) is 13.8 Å². The van der Waals surface area contributed by atoms with Gasteiger partial charge in [0.1, 0.15) is 23.2 Å². The maximum Gasteiger partial charge on any atom is 0.278 e. The van der Waals surface area contributed by atoms with Gasteiger partial charge in [-0.1, -0.05) is 11.2 Å². The van der Waals surface area contributed by atoms with Crippen molar-refractivity contribution >= 4 is 16.6 Å². The van der Waals surface area contributed by atoms with Crippen molar-refractivity contribution in [2.75, 3.05) is 13.2 Å². The summed E-state index contributed by atoms with van der Waals surface area (Å²) in [6.07, 6.45) is 2.31. The molecule has 4 aromatic rings. The van der Waals surface area contributed by atoms with Gasteiger partial charge >= 0.3 is 0 Å². The van der Waals surface area contributed by atoms with Crippen LogP contribution in [0.5, 0.6) is 0 Å². The van der Waals surface area contributed by atoms with E-state index in [1.165, 1.54) is 17.0 Å². The molecular weight excluding hydrogens is 365 g/mol. The van der Waals surface area contributed by atoms with Gasteiger partial charge < -0.3 is 9.26 Å². The zero-order valence-electron chi connectivity index (χ0n) is 15.4. The van der Waals surface area contributed by atoms with Gasteiger partial charge in [-0.05, 0) is 32.4 Å². The topological polar surface area (TPSA) is 87.5 Å². The quantitative estimate of drug-likeness (QED) is 0.541.